The number of carbonyl (C=O) groups is 1. The molecule has 21 heavy (non-hydrogen) atoms. The van der Waals surface area contributed by atoms with Crippen molar-refractivity contribution in [2.45, 2.75) is 13.3 Å². The first kappa shape index (κ1) is 13.6. The smallest absolute Gasteiger partial charge is 0.225 e. The van der Waals surface area contributed by atoms with E-state index >= 15 is 0 Å². The molecule has 0 aliphatic carbocycles. The molecule has 3 aromatic rings. The number of rotatable bonds is 3. The summed E-state index contributed by atoms with van der Waals surface area (Å²) in [5.74, 6) is 0.635. The molecule has 0 radical (unpaired) electrons. The zero-order valence-electron chi connectivity index (χ0n) is 11.5. The van der Waals surface area contributed by atoms with Gasteiger partial charge in [0.05, 0.1) is 0 Å². The van der Waals surface area contributed by atoms with Gasteiger partial charge >= 0.3 is 0 Å². The van der Waals surface area contributed by atoms with E-state index in [1.54, 1.807) is 0 Å². The van der Waals surface area contributed by atoms with Gasteiger partial charge in [0.15, 0.2) is 0 Å². The molecule has 5 heteroatoms. The van der Waals surface area contributed by atoms with Gasteiger partial charge in [-0.2, -0.15) is 0 Å². The maximum atomic E-state index is 11.8. The third kappa shape index (κ3) is 2.62. The van der Waals surface area contributed by atoms with Crippen LogP contribution in [0.15, 0.2) is 48.7 Å². The van der Waals surface area contributed by atoms with Crippen LogP contribution in [0.5, 0.6) is 0 Å². The van der Waals surface area contributed by atoms with Gasteiger partial charge in [0, 0.05) is 23.2 Å². The normalized spacial score (nSPS) is 10.8. The molecule has 1 amide bonds. The number of nitrogens with one attached hydrogen (secondary N) is 1. The monoisotopic (exact) mass is 299 g/mol. The van der Waals surface area contributed by atoms with Crippen molar-refractivity contribution < 1.29 is 4.79 Å². The van der Waals surface area contributed by atoms with Gasteiger partial charge in [0.2, 0.25) is 5.91 Å². The highest BCUT2D eigenvalue weighted by molar-refractivity contribution is 6.30. The quantitative estimate of drug-likeness (QED) is 0.794. The van der Waals surface area contributed by atoms with Crippen LogP contribution in [0, 0.1) is 0 Å². The number of nitrogens with zero attached hydrogens (tertiary/aromatic N) is 2. The largest absolute Gasteiger partial charge is 0.310 e. The summed E-state index contributed by atoms with van der Waals surface area (Å²) >= 11 is 5.93. The molecule has 0 fully saturated rings. The minimum Gasteiger partial charge on any atom is -0.310 e. The Kier molecular flexibility index (Phi) is 3.62. The van der Waals surface area contributed by atoms with Crippen LogP contribution in [-0.2, 0) is 4.79 Å². The SMILES string of the molecule is CCC(=O)Nc1c(-c2ccc(Cl)cc2)nc2ccccn12. The van der Waals surface area contributed by atoms with E-state index in [1.165, 1.54) is 0 Å². The number of amides is 1. The number of hydrogen-bond donors (Lipinski definition) is 1. The first-order valence-corrected chi connectivity index (χ1v) is 7.09. The number of carbonyl (C=O) groups excluding carboxylic acids is 1. The van der Waals surface area contributed by atoms with E-state index in [0.29, 0.717) is 17.3 Å². The molecular formula is C16H14ClN3O. The molecule has 1 aromatic carbocycles. The zero-order valence-corrected chi connectivity index (χ0v) is 12.3. The minimum atomic E-state index is -0.0455. The van der Waals surface area contributed by atoms with Crippen LogP contribution in [0.4, 0.5) is 5.82 Å². The maximum Gasteiger partial charge on any atom is 0.225 e. The summed E-state index contributed by atoms with van der Waals surface area (Å²) in [7, 11) is 0. The number of hydrogen-bond acceptors (Lipinski definition) is 2. The number of anilines is 1. The fourth-order valence-electron chi connectivity index (χ4n) is 2.14. The van der Waals surface area contributed by atoms with E-state index in [1.807, 2.05) is 60.0 Å². The summed E-state index contributed by atoms with van der Waals surface area (Å²) in [6.07, 6.45) is 2.30. The summed E-state index contributed by atoms with van der Waals surface area (Å²) in [5.41, 5.74) is 2.43. The average molecular weight is 300 g/mol. The average Bonchev–Trinajstić information content (AvgIpc) is 2.87. The van der Waals surface area contributed by atoms with Crippen molar-refractivity contribution >= 4 is 29.0 Å². The molecular weight excluding hydrogens is 286 g/mol. The third-order valence-corrected chi connectivity index (χ3v) is 3.48. The number of imidazole rings is 1. The van der Waals surface area contributed by atoms with Gasteiger partial charge in [-0.15, -0.1) is 0 Å². The van der Waals surface area contributed by atoms with Crippen LogP contribution in [-0.4, -0.2) is 15.3 Å². The Labute approximate surface area is 127 Å². The Bertz CT molecular complexity index is 793. The van der Waals surface area contributed by atoms with Crippen LogP contribution in [0.25, 0.3) is 16.9 Å². The van der Waals surface area contributed by atoms with Gasteiger partial charge in [0.1, 0.15) is 17.2 Å². The fraction of sp³-hybridized carbons (Fsp3) is 0.125. The Balaban J connectivity index is 2.18. The molecule has 2 aromatic heterocycles. The van der Waals surface area contributed by atoms with Crippen LogP contribution < -0.4 is 5.32 Å². The molecule has 2 heterocycles. The van der Waals surface area contributed by atoms with Crippen LogP contribution in [0.1, 0.15) is 13.3 Å². The van der Waals surface area contributed by atoms with Gasteiger partial charge in [-0.25, -0.2) is 4.98 Å². The Morgan fingerprint density at radius 1 is 1.24 bits per heavy atom. The van der Waals surface area contributed by atoms with E-state index in [0.717, 1.165) is 16.9 Å². The summed E-state index contributed by atoms with van der Waals surface area (Å²) < 4.78 is 1.87. The van der Waals surface area contributed by atoms with Crippen molar-refractivity contribution in [3.63, 3.8) is 0 Å². The maximum absolute atomic E-state index is 11.8. The Morgan fingerprint density at radius 2 is 2.00 bits per heavy atom. The summed E-state index contributed by atoms with van der Waals surface area (Å²) in [6, 6.07) is 13.1. The lowest BCUT2D eigenvalue weighted by atomic mass is 10.1. The molecule has 0 atom stereocenters. The molecule has 106 valence electrons. The van der Waals surface area contributed by atoms with Gasteiger partial charge < -0.3 is 5.32 Å². The van der Waals surface area contributed by atoms with Crippen molar-refractivity contribution in [1.29, 1.82) is 0 Å². The number of pyridine rings is 1. The van der Waals surface area contributed by atoms with Gasteiger partial charge in [-0.1, -0.05) is 36.7 Å². The van der Waals surface area contributed by atoms with Crippen molar-refractivity contribution in [3.8, 4) is 11.3 Å². The topological polar surface area (TPSA) is 46.4 Å². The fourth-order valence-corrected chi connectivity index (χ4v) is 2.27. The lowest BCUT2D eigenvalue weighted by Gasteiger charge is -2.06. The van der Waals surface area contributed by atoms with Crippen molar-refractivity contribution in [2.24, 2.45) is 0 Å². The second-order valence-corrected chi connectivity index (χ2v) is 5.08. The summed E-state index contributed by atoms with van der Waals surface area (Å²) in [6.45, 7) is 1.82. The second kappa shape index (κ2) is 5.58. The lowest BCUT2D eigenvalue weighted by molar-refractivity contribution is -0.115. The lowest BCUT2D eigenvalue weighted by Crippen LogP contribution is -2.12. The number of benzene rings is 1. The molecule has 1 N–H and O–H groups in total. The molecule has 3 rings (SSSR count). The van der Waals surface area contributed by atoms with Gasteiger partial charge in [-0.3, -0.25) is 9.20 Å². The first-order valence-electron chi connectivity index (χ1n) is 6.72. The first-order chi connectivity index (χ1) is 10.2. The molecule has 4 nitrogen and oxygen atoms in total. The Morgan fingerprint density at radius 3 is 2.71 bits per heavy atom. The predicted molar refractivity (Wildman–Crippen MR) is 84.6 cm³/mol. The summed E-state index contributed by atoms with van der Waals surface area (Å²) in [4.78, 5) is 16.4. The van der Waals surface area contributed by atoms with Gasteiger partial charge in [-0.05, 0) is 24.3 Å². The van der Waals surface area contributed by atoms with E-state index in [-0.39, 0.29) is 5.91 Å². The zero-order chi connectivity index (χ0) is 14.8. The minimum absolute atomic E-state index is 0.0455. The van der Waals surface area contributed by atoms with E-state index < -0.39 is 0 Å². The molecule has 0 saturated heterocycles. The van der Waals surface area contributed by atoms with Gasteiger partial charge in [0.25, 0.3) is 0 Å². The Hall–Kier alpha value is -2.33. The highest BCUT2D eigenvalue weighted by Crippen LogP contribution is 2.29. The molecule has 0 bridgehead atoms. The van der Waals surface area contributed by atoms with Crippen molar-refractivity contribution in [2.75, 3.05) is 5.32 Å². The molecule has 0 aliphatic heterocycles. The second-order valence-electron chi connectivity index (χ2n) is 4.65. The molecule has 0 unspecified atom stereocenters. The number of fused-ring (bicyclic) bond motifs is 1. The third-order valence-electron chi connectivity index (χ3n) is 3.23. The summed E-state index contributed by atoms with van der Waals surface area (Å²) in [5, 5.41) is 3.59. The van der Waals surface area contributed by atoms with Crippen molar-refractivity contribution in [1.82, 2.24) is 9.38 Å². The van der Waals surface area contributed by atoms with E-state index in [2.05, 4.69) is 10.3 Å². The van der Waals surface area contributed by atoms with E-state index in [9.17, 15) is 4.79 Å². The van der Waals surface area contributed by atoms with Crippen LogP contribution in [0.2, 0.25) is 5.02 Å². The van der Waals surface area contributed by atoms with E-state index in [4.69, 9.17) is 11.6 Å². The molecule has 0 saturated carbocycles. The van der Waals surface area contributed by atoms with Crippen molar-refractivity contribution in [3.05, 3.63) is 53.7 Å². The predicted octanol–water partition coefficient (Wildman–Crippen LogP) is 4.00. The molecule has 0 aliphatic rings. The number of aromatic nitrogens is 2. The standard InChI is InChI=1S/C16H14ClN3O/c1-2-14(21)19-16-15(11-6-8-12(17)9-7-11)18-13-5-3-4-10-20(13)16/h3-10H,2H2,1H3,(H,19,21). The highest BCUT2D eigenvalue weighted by Gasteiger charge is 2.15. The number of halogens is 1. The van der Waals surface area contributed by atoms with Crippen LogP contribution in [0.3, 0.4) is 0 Å². The highest BCUT2D eigenvalue weighted by atomic mass is 35.5. The molecule has 0 spiro atoms. The van der Waals surface area contributed by atoms with Crippen LogP contribution >= 0.6 is 11.6 Å².